The molecule has 3 N–H and O–H groups in total. The average molecular weight is 399 g/mol. The molecule has 6 nitrogen and oxygen atoms in total. The van der Waals surface area contributed by atoms with Crippen molar-refractivity contribution in [3.63, 3.8) is 0 Å². The first-order chi connectivity index (χ1) is 14.8. The van der Waals surface area contributed by atoms with Crippen molar-refractivity contribution in [1.82, 2.24) is 15.2 Å². The number of fused-ring (bicyclic) bond motifs is 4. The minimum absolute atomic E-state index is 0.779. The minimum Gasteiger partial charge on any atom is -0.377 e. The van der Waals surface area contributed by atoms with Crippen LogP contribution < -0.4 is 10.6 Å². The van der Waals surface area contributed by atoms with Crippen LogP contribution in [0.15, 0.2) is 53.7 Å². The first-order valence-electron chi connectivity index (χ1n) is 10.7. The fourth-order valence-corrected chi connectivity index (χ4v) is 4.02. The van der Waals surface area contributed by atoms with Crippen LogP contribution in [0, 0.1) is 0 Å². The van der Waals surface area contributed by atoms with Crippen LogP contribution in [0.4, 0.5) is 22.9 Å². The molecule has 0 aliphatic carbocycles. The average Bonchev–Trinajstić information content (AvgIpc) is 3.25. The standard InChI is InChI=1S/C24H26N6/c1-2-3-4-5-8-18-15-25-22-19-9-6-7-10-20(19)29-24(23(22)27-18)28-17-12-11-16-14-26-30-21(16)13-17/h6-7,9-14,25H,2-5,8,15H2,1H3,(H,26,30)(H,28,29). The molecule has 4 aromatic rings. The van der Waals surface area contributed by atoms with E-state index < -0.39 is 0 Å². The number of H-pyrrole nitrogens is 1. The molecule has 3 heterocycles. The van der Waals surface area contributed by atoms with Gasteiger partial charge < -0.3 is 10.6 Å². The summed E-state index contributed by atoms with van der Waals surface area (Å²) in [4.78, 5) is 9.96. The summed E-state index contributed by atoms with van der Waals surface area (Å²) < 4.78 is 0. The first kappa shape index (κ1) is 18.6. The number of nitrogens with one attached hydrogen (secondary N) is 3. The zero-order chi connectivity index (χ0) is 20.3. The Hall–Kier alpha value is -3.41. The molecule has 6 heteroatoms. The quantitative estimate of drug-likeness (QED) is 0.318. The lowest BCUT2D eigenvalue weighted by Gasteiger charge is -2.22. The van der Waals surface area contributed by atoms with E-state index in [1.54, 1.807) is 0 Å². The van der Waals surface area contributed by atoms with E-state index in [9.17, 15) is 0 Å². The van der Waals surface area contributed by atoms with E-state index in [4.69, 9.17) is 9.98 Å². The molecular formula is C24H26N6. The van der Waals surface area contributed by atoms with Gasteiger partial charge in [0.2, 0.25) is 0 Å². The smallest absolute Gasteiger partial charge is 0.159 e. The number of aliphatic imine (C=N–C) groups is 1. The Bertz CT molecular complexity index is 1220. The predicted octanol–water partition coefficient (Wildman–Crippen LogP) is 6.32. The number of pyridine rings is 1. The molecule has 152 valence electrons. The van der Waals surface area contributed by atoms with Crippen LogP contribution in [0.3, 0.4) is 0 Å². The molecule has 0 fully saturated rings. The zero-order valence-corrected chi connectivity index (χ0v) is 17.2. The highest BCUT2D eigenvalue weighted by Crippen LogP contribution is 2.41. The molecule has 30 heavy (non-hydrogen) atoms. The SMILES string of the molecule is CCCCCCC1=Nc2c(Nc3ccc4cn[nH]c4c3)nc3ccccc3c2NC1. The number of rotatable bonds is 7. The molecule has 1 aliphatic rings. The number of hydrogen-bond donors (Lipinski definition) is 3. The van der Waals surface area contributed by atoms with Gasteiger partial charge in [-0.2, -0.15) is 5.10 Å². The third-order valence-electron chi connectivity index (χ3n) is 5.63. The lowest BCUT2D eigenvalue weighted by Crippen LogP contribution is -2.18. The van der Waals surface area contributed by atoms with Crippen molar-refractivity contribution >= 4 is 50.4 Å². The third kappa shape index (κ3) is 3.61. The van der Waals surface area contributed by atoms with E-state index in [1.165, 1.54) is 31.4 Å². The topological polar surface area (TPSA) is 78.0 Å². The van der Waals surface area contributed by atoms with Gasteiger partial charge in [-0.3, -0.25) is 5.10 Å². The largest absolute Gasteiger partial charge is 0.377 e. The van der Waals surface area contributed by atoms with Gasteiger partial charge in [0.1, 0.15) is 5.69 Å². The second-order valence-corrected chi connectivity index (χ2v) is 7.84. The van der Waals surface area contributed by atoms with Gasteiger partial charge in [0, 0.05) is 22.2 Å². The lowest BCUT2D eigenvalue weighted by atomic mass is 10.1. The lowest BCUT2D eigenvalue weighted by molar-refractivity contribution is 0.681. The van der Waals surface area contributed by atoms with Crippen LogP contribution in [0.1, 0.15) is 39.0 Å². The summed E-state index contributed by atoms with van der Waals surface area (Å²) in [5, 5.41) is 16.5. The molecule has 2 aromatic carbocycles. The van der Waals surface area contributed by atoms with Crippen molar-refractivity contribution in [2.45, 2.75) is 39.0 Å². The Morgan fingerprint density at radius 2 is 2.00 bits per heavy atom. The van der Waals surface area contributed by atoms with Crippen LogP contribution in [0.2, 0.25) is 0 Å². The number of benzene rings is 2. The van der Waals surface area contributed by atoms with Gasteiger partial charge in [-0.1, -0.05) is 44.4 Å². The third-order valence-corrected chi connectivity index (χ3v) is 5.63. The van der Waals surface area contributed by atoms with E-state index in [-0.39, 0.29) is 0 Å². The summed E-state index contributed by atoms with van der Waals surface area (Å²) in [6.45, 7) is 3.04. The number of nitrogens with zero attached hydrogens (tertiary/aromatic N) is 3. The number of anilines is 3. The van der Waals surface area contributed by atoms with Crippen molar-refractivity contribution in [1.29, 1.82) is 0 Å². The fraction of sp³-hybridized carbons (Fsp3) is 0.292. The van der Waals surface area contributed by atoms with Gasteiger partial charge >= 0.3 is 0 Å². The van der Waals surface area contributed by atoms with Gasteiger partial charge in [-0.15, -0.1) is 0 Å². The number of para-hydroxylation sites is 1. The molecule has 0 unspecified atom stereocenters. The van der Waals surface area contributed by atoms with Gasteiger partial charge in [-0.25, -0.2) is 9.98 Å². The maximum Gasteiger partial charge on any atom is 0.159 e. The van der Waals surface area contributed by atoms with Crippen LogP contribution in [-0.2, 0) is 0 Å². The molecule has 0 atom stereocenters. The Labute approximate surface area is 175 Å². The van der Waals surface area contributed by atoms with Crippen LogP contribution in [0.5, 0.6) is 0 Å². The van der Waals surface area contributed by atoms with Crippen molar-refractivity contribution in [3.05, 3.63) is 48.7 Å². The normalized spacial score (nSPS) is 13.2. The summed E-state index contributed by atoms with van der Waals surface area (Å²) in [5.41, 5.74) is 6.06. The maximum atomic E-state index is 5.05. The second kappa shape index (κ2) is 8.14. The van der Waals surface area contributed by atoms with Crippen molar-refractivity contribution in [3.8, 4) is 0 Å². The van der Waals surface area contributed by atoms with Gasteiger partial charge in [0.05, 0.1) is 29.5 Å². The number of aromatic amines is 1. The predicted molar refractivity (Wildman–Crippen MR) is 125 cm³/mol. The second-order valence-electron chi connectivity index (χ2n) is 7.84. The van der Waals surface area contributed by atoms with Crippen molar-refractivity contribution < 1.29 is 0 Å². The van der Waals surface area contributed by atoms with E-state index in [2.05, 4.69) is 52.0 Å². The van der Waals surface area contributed by atoms with E-state index >= 15 is 0 Å². The molecule has 0 amide bonds. The highest BCUT2D eigenvalue weighted by atomic mass is 15.1. The monoisotopic (exact) mass is 398 g/mol. The minimum atomic E-state index is 0.779. The summed E-state index contributed by atoms with van der Waals surface area (Å²) in [6.07, 6.45) is 7.83. The molecule has 2 aromatic heterocycles. The summed E-state index contributed by atoms with van der Waals surface area (Å²) in [7, 11) is 0. The Balaban J connectivity index is 1.53. The van der Waals surface area contributed by atoms with Crippen LogP contribution in [-0.4, -0.2) is 27.4 Å². The van der Waals surface area contributed by atoms with Gasteiger partial charge in [-0.05, 0) is 37.1 Å². The Morgan fingerprint density at radius 1 is 1.07 bits per heavy atom. The van der Waals surface area contributed by atoms with E-state index in [0.29, 0.717) is 0 Å². The maximum absolute atomic E-state index is 5.05. The van der Waals surface area contributed by atoms with E-state index in [0.717, 1.165) is 57.7 Å². The summed E-state index contributed by atoms with van der Waals surface area (Å²) in [5.74, 6) is 0.779. The highest BCUT2D eigenvalue weighted by molar-refractivity contribution is 6.07. The van der Waals surface area contributed by atoms with E-state index in [1.807, 2.05) is 24.4 Å². The number of aromatic nitrogens is 3. The van der Waals surface area contributed by atoms with Crippen LogP contribution in [0.25, 0.3) is 21.8 Å². The summed E-state index contributed by atoms with van der Waals surface area (Å²) >= 11 is 0. The van der Waals surface area contributed by atoms with Gasteiger partial charge in [0.15, 0.2) is 5.82 Å². The molecule has 0 radical (unpaired) electrons. The Morgan fingerprint density at radius 3 is 2.93 bits per heavy atom. The molecule has 5 rings (SSSR count). The molecule has 0 bridgehead atoms. The molecule has 0 saturated carbocycles. The van der Waals surface area contributed by atoms with Crippen molar-refractivity contribution in [2.75, 3.05) is 17.2 Å². The van der Waals surface area contributed by atoms with Crippen LogP contribution >= 0.6 is 0 Å². The van der Waals surface area contributed by atoms with Gasteiger partial charge in [0.25, 0.3) is 0 Å². The Kier molecular flexibility index (Phi) is 5.05. The fourth-order valence-electron chi connectivity index (χ4n) is 4.02. The first-order valence-corrected chi connectivity index (χ1v) is 10.7. The molecular weight excluding hydrogens is 372 g/mol. The summed E-state index contributed by atoms with van der Waals surface area (Å²) in [6, 6.07) is 14.4. The molecule has 0 saturated heterocycles. The zero-order valence-electron chi connectivity index (χ0n) is 17.2. The molecule has 0 spiro atoms. The highest BCUT2D eigenvalue weighted by Gasteiger charge is 2.20. The molecule has 1 aliphatic heterocycles. The van der Waals surface area contributed by atoms with Crippen molar-refractivity contribution in [2.24, 2.45) is 4.99 Å². The number of unbranched alkanes of at least 4 members (excludes halogenated alkanes) is 3. The number of hydrogen-bond acceptors (Lipinski definition) is 5.